The Morgan fingerprint density at radius 3 is 2.66 bits per heavy atom. The predicted molar refractivity (Wildman–Crippen MR) is 131 cm³/mol. The largest absolute Gasteiger partial charge is 0.481 e. The summed E-state index contributed by atoms with van der Waals surface area (Å²) in [4.78, 5) is 21.4. The van der Waals surface area contributed by atoms with Crippen LogP contribution < -0.4 is 10.5 Å². The number of imidazole rings is 1. The first kappa shape index (κ1) is 22.8. The summed E-state index contributed by atoms with van der Waals surface area (Å²) < 4.78 is 21.2. The molecule has 0 spiro atoms. The van der Waals surface area contributed by atoms with E-state index in [2.05, 4.69) is 4.98 Å². The molecule has 2 aromatic carbocycles. The van der Waals surface area contributed by atoms with Gasteiger partial charge in [-0.1, -0.05) is 19.9 Å². The number of aliphatic carboxylic acids is 1. The van der Waals surface area contributed by atoms with Crippen LogP contribution >= 0.6 is 0 Å². The van der Waals surface area contributed by atoms with Crippen molar-refractivity contribution >= 4 is 17.3 Å². The van der Waals surface area contributed by atoms with Crippen molar-refractivity contribution in [2.75, 3.05) is 5.73 Å². The number of nitrogens with zero attached hydrogens (tertiary/aromatic N) is 3. The Morgan fingerprint density at radius 1 is 1.23 bits per heavy atom. The summed E-state index contributed by atoms with van der Waals surface area (Å²) in [7, 11) is 0. The van der Waals surface area contributed by atoms with Crippen LogP contribution in [0.1, 0.15) is 44.9 Å². The highest BCUT2D eigenvalue weighted by atomic mass is 19.1. The number of nitrogens with two attached hydrogens (primary N) is 1. The molecule has 1 aliphatic carbocycles. The number of ether oxygens (including phenoxy) is 1. The van der Waals surface area contributed by atoms with Crippen LogP contribution in [0.5, 0.6) is 11.5 Å². The molecule has 2 heterocycles. The Labute approximate surface area is 202 Å². The maximum absolute atomic E-state index is 13.5. The third-order valence-electron chi connectivity index (χ3n) is 7.22. The third kappa shape index (κ3) is 3.99. The van der Waals surface area contributed by atoms with Gasteiger partial charge in [0.15, 0.2) is 0 Å². The number of hydrogen-bond acceptors (Lipinski definition) is 5. The molecular weight excluding hydrogens is 447 g/mol. The van der Waals surface area contributed by atoms with Gasteiger partial charge in [0.05, 0.1) is 5.41 Å². The van der Waals surface area contributed by atoms with Gasteiger partial charge in [-0.15, -0.1) is 0 Å². The van der Waals surface area contributed by atoms with E-state index in [1.54, 1.807) is 30.5 Å². The molecule has 4 aromatic rings. The number of carbonyl (C=O) groups is 1. The van der Waals surface area contributed by atoms with Crippen LogP contribution in [-0.2, 0) is 4.79 Å². The zero-order valence-electron chi connectivity index (χ0n) is 19.6. The molecule has 8 heteroatoms. The number of fused-ring (bicyclic) bond motifs is 1. The van der Waals surface area contributed by atoms with E-state index in [1.165, 1.54) is 12.1 Å². The Morgan fingerprint density at radius 2 is 2.00 bits per heavy atom. The average molecular weight is 475 g/mol. The first-order valence-electron chi connectivity index (χ1n) is 11.7. The molecule has 2 atom stereocenters. The van der Waals surface area contributed by atoms with Gasteiger partial charge in [0, 0.05) is 29.9 Å². The van der Waals surface area contributed by atoms with Crippen LogP contribution in [0.25, 0.3) is 16.8 Å². The second kappa shape index (κ2) is 8.69. The van der Waals surface area contributed by atoms with E-state index in [1.807, 2.05) is 36.6 Å². The molecule has 0 aliphatic heterocycles. The first-order valence-corrected chi connectivity index (χ1v) is 11.7. The lowest BCUT2D eigenvalue weighted by Gasteiger charge is -2.28. The molecule has 3 N–H and O–H groups in total. The fourth-order valence-electron chi connectivity index (χ4n) is 5.19. The number of carboxylic acid groups (broad SMARTS) is 1. The second-order valence-corrected chi connectivity index (χ2v) is 9.49. The van der Waals surface area contributed by atoms with Crippen molar-refractivity contribution in [3.63, 3.8) is 0 Å². The van der Waals surface area contributed by atoms with E-state index < -0.39 is 11.4 Å². The third-order valence-corrected chi connectivity index (χ3v) is 7.22. The first-order chi connectivity index (χ1) is 16.8. The number of hydrogen-bond donors (Lipinski definition) is 2. The Kier molecular flexibility index (Phi) is 5.67. The number of rotatable bonds is 6. The average Bonchev–Trinajstić information content (AvgIpc) is 3.44. The molecule has 0 bridgehead atoms. The zero-order valence-corrected chi connectivity index (χ0v) is 19.6. The van der Waals surface area contributed by atoms with E-state index in [0.717, 1.165) is 17.8 Å². The minimum atomic E-state index is -0.759. The van der Waals surface area contributed by atoms with Gasteiger partial charge in [0.1, 0.15) is 40.2 Å². The second-order valence-electron chi connectivity index (χ2n) is 9.49. The number of benzene rings is 2. The lowest BCUT2D eigenvalue weighted by atomic mass is 9.75. The van der Waals surface area contributed by atoms with Gasteiger partial charge >= 0.3 is 5.97 Å². The summed E-state index contributed by atoms with van der Waals surface area (Å²) in [5, 5.41) is 10.00. The molecule has 1 saturated carbocycles. The highest BCUT2D eigenvalue weighted by Crippen LogP contribution is 2.51. The quantitative estimate of drug-likeness (QED) is 0.360. The number of halogens is 1. The molecular formula is C27H27FN4O3. The predicted octanol–water partition coefficient (Wildman–Crippen LogP) is 5.90. The summed E-state index contributed by atoms with van der Waals surface area (Å²) in [6, 6.07) is 13.3. The molecule has 35 heavy (non-hydrogen) atoms. The van der Waals surface area contributed by atoms with Crippen LogP contribution in [0.4, 0.5) is 10.2 Å². The van der Waals surface area contributed by atoms with Gasteiger partial charge in [-0.25, -0.2) is 14.4 Å². The minimum Gasteiger partial charge on any atom is -0.481 e. The van der Waals surface area contributed by atoms with E-state index in [0.29, 0.717) is 41.4 Å². The highest BCUT2D eigenvalue weighted by molar-refractivity contribution is 5.85. The standard InChI is InChI=1S/C27H27FN4O3/c1-16(2)27(26(33)34)11-10-18(15-27)25-31-22(23-24(29)30-12-13-32(23)25)17-6-8-20(9-7-17)35-21-5-3-4-19(28)14-21/h3-9,12-14,16,18H,10-11,15H2,1-2H3,(H2,29,30)(H,33,34)/t18-,27-/m0/s1. The number of nitrogen functional groups attached to an aromatic ring is 1. The van der Waals surface area contributed by atoms with E-state index in [9.17, 15) is 14.3 Å². The van der Waals surface area contributed by atoms with Gasteiger partial charge in [0.25, 0.3) is 0 Å². The van der Waals surface area contributed by atoms with Crippen molar-refractivity contribution in [2.24, 2.45) is 11.3 Å². The molecule has 0 amide bonds. The molecule has 5 rings (SSSR count). The van der Waals surface area contributed by atoms with Crippen molar-refractivity contribution < 1.29 is 19.0 Å². The monoisotopic (exact) mass is 474 g/mol. The maximum atomic E-state index is 13.5. The van der Waals surface area contributed by atoms with Crippen LogP contribution in [-0.4, -0.2) is 25.4 Å². The van der Waals surface area contributed by atoms with Gasteiger partial charge in [-0.2, -0.15) is 0 Å². The summed E-state index contributed by atoms with van der Waals surface area (Å²) in [6.45, 7) is 3.95. The molecule has 7 nitrogen and oxygen atoms in total. The molecule has 2 aromatic heterocycles. The fraction of sp³-hybridized carbons (Fsp3) is 0.296. The lowest BCUT2D eigenvalue weighted by Crippen LogP contribution is -2.33. The molecule has 0 radical (unpaired) electrons. The summed E-state index contributed by atoms with van der Waals surface area (Å²) in [6.07, 6.45) is 5.35. The highest BCUT2D eigenvalue weighted by Gasteiger charge is 2.49. The minimum absolute atomic E-state index is 0.00728. The molecule has 180 valence electrons. The maximum Gasteiger partial charge on any atom is 0.309 e. The van der Waals surface area contributed by atoms with Crippen molar-refractivity contribution in [1.82, 2.24) is 14.4 Å². The van der Waals surface area contributed by atoms with Gasteiger partial charge in [0.2, 0.25) is 0 Å². The Bertz CT molecular complexity index is 1400. The topological polar surface area (TPSA) is 103 Å². The Balaban J connectivity index is 1.51. The van der Waals surface area contributed by atoms with E-state index in [-0.39, 0.29) is 17.7 Å². The SMILES string of the molecule is CC(C)[C@]1(C(=O)O)CC[C@H](c2nc(-c3ccc(Oc4cccc(F)c4)cc3)c3c(N)nccn23)C1. The zero-order chi connectivity index (χ0) is 24.7. The van der Waals surface area contributed by atoms with Crippen molar-refractivity contribution in [3.8, 4) is 22.8 Å². The van der Waals surface area contributed by atoms with E-state index >= 15 is 0 Å². The summed E-state index contributed by atoms with van der Waals surface area (Å²) in [5.74, 6) is 1.03. The lowest BCUT2D eigenvalue weighted by molar-refractivity contribution is -0.151. The summed E-state index contributed by atoms with van der Waals surface area (Å²) in [5.41, 5.74) is 7.72. The fourth-order valence-corrected chi connectivity index (χ4v) is 5.19. The van der Waals surface area contributed by atoms with Crippen LogP contribution in [0.2, 0.25) is 0 Å². The van der Waals surface area contributed by atoms with Crippen LogP contribution in [0.15, 0.2) is 60.9 Å². The van der Waals surface area contributed by atoms with Crippen molar-refractivity contribution in [3.05, 3.63) is 72.6 Å². The molecule has 1 aliphatic rings. The molecule has 1 fully saturated rings. The van der Waals surface area contributed by atoms with Crippen LogP contribution in [0, 0.1) is 17.2 Å². The van der Waals surface area contributed by atoms with Gasteiger partial charge < -0.3 is 15.6 Å². The normalized spacial score (nSPS) is 19.9. The van der Waals surface area contributed by atoms with Gasteiger partial charge in [-0.3, -0.25) is 9.20 Å². The smallest absolute Gasteiger partial charge is 0.309 e. The van der Waals surface area contributed by atoms with Gasteiger partial charge in [-0.05, 0) is 61.6 Å². The van der Waals surface area contributed by atoms with Crippen molar-refractivity contribution in [1.29, 1.82) is 0 Å². The Hall–Kier alpha value is -3.94. The van der Waals surface area contributed by atoms with Crippen molar-refractivity contribution in [2.45, 2.75) is 39.0 Å². The van der Waals surface area contributed by atoms with Crippen LogP contribution in [0.3, 0.4) is 0 Å². The molecule has 0 saturated heterocycles. The number of anilines is 1. The van der Waals surface area contributed by atoms with E-state index in [4.69, 9.17) is 15.5 Å². The summed E-state index contributed by atoms with van der Waals surface area (Å²) >= 11 is 0. The molecule has 0 unspecified atom stereocenters. The number of aromatic nitrogens is 3. The number of carboxylic acids is 1.